The molecular formula is C18H21NO2. The van der Waals surface area contributed by atoms with E-state index in [2.05, 4.69) is 23.5 Å². The minimum absolute atomic E-state index is 0.0844. The third-order valence-corrected chi connectivity index (χ3v) is 3.05. The van der Waals surface area contributed by atoms with Crippen molar-refractivity contribution in [3.05, 3.63) is 65.7 Å². The van der Waals surface area contributed by atoms with E-state index in [-0.39, 0.29) is 18.6 Å². The van der Waals surface area contributed by atoms with E-state index in [1.807, 2.05) is 50.2 Å². The molecule has 0 fully saturated rings. The Kier molecular flexibility index (Phi) is 5.38. The summed E-state index contributed by atoms with van der Waals surface area (Å²) >= 11 is 0. The molecule has 0 radical (unpaired) electrons. The Morgan fingerprint density at radius 1 is 1.05 bits per heavy atom. The van der Waals surface area contributed by atoms with Gasteiger partial charge < -0.3 is 10.1 Å². The quantitative estimate of drug-likeness (QED) is 0.823. The summed E-state index contributed by atoms with van der Waals surface area (Å²) in [7, 11) is 0. The van der Waals surface area contributed by atoms with Gasteiger partial charge in [-0.15, -0.1) is 0 Å². The predicted octanol–water partition coefficient (Wildman–Crippen LogP) is 3.64. The first-order valence-electron chi connectivity index (χ1n) is 7.20. The zero-order chi connectivity index (χ0) is 15.1. The van der Waals surface area contributed by atoms with Crippen LogP contribution in [0.2, 0.25) is 0 Å². The van der Waals surface area contributed by atoms with Crippen LogP contribution < -0.4 is 5.32 Å². The molecule has 3 nitrogen and oxygen atoms in total. The van der Waals surface area contributed by atoms with Crippen molar-refractivity contribution < 1.29 is 9.53 Å². The highest BCUT2D eigenvalue weighted by Crippen LogP contribution is 2.18. The van der Waals surface area contributed by atoms with Gasteiger partial charge in [0.15, 0.2) is 0 Å². The number of hydrogen-bond acceptors (Lipinski definition) is 3. The van der Waals surface area contributed by atoms with E-state index in [4.69, 9.17) is 4.74 Å². The lowest BCUT2D eigenvalue weighted by Gasteiger charge is -2.13. The Morgan fingerprint density at radius 2 is 1.71 bits per heavy atom. The number of rotatable bonds is 6. The van der Waals surface area contributed by atoms with Gasteiger partial charge in [0.2, 0.25) is 0 Å². The van der Waals surface area contributed by atoms with Crippen LogP contribution in [0.5, 0.6) is 0 Å². The fraction of sp³-hybridized carbons (Fsp3) is 0.278. The van der Waals surface area contributed by atoms with Crippen molar-refractivity contribution in [2.24, 2.45) is 0 Å². The van der Waals surface area contributed by atoms with Crippen molar-refractivity contribution >= 4 is 11.7 Å². The summed E-state index contributed by atoms with van der Waals surface area (Å²) in [6.07, 6.45) is 0.752. The van der Waals surface area contributed by atoms with Crippen LogP contribution in [0.1, 0.15) is 25.0 Å². The summed E-state index contributed by atoms with van der Waals surface area (Å²) in [5, 5.41) is 3.16. The van der Waals surface area contributed by atoms with Gasteiger partial charge in [0.25, 0.3) is 0 Å². The molecule has 0 aliphatic carbocycles. The average Bonchev–Trinajstić information content (AvgIpc) is 2.47. The molecule has 0 unspecified atom stereocenters. The highest BCUT2D eigenvalue weighted by Gasteiger charge is 2.07. The fourth-order valence-electron chi connectivity index (χ4n) is 2.13. The Balaban J connectivity index is 2.02. The number of para-hydroxylation sites is 1. The molecule has 2 aromatic rings. The molecule has 0 aliphatic heterocycles. The SMILES string of the molecule is CC(C)OC(=O)CNc1ccccc1Cc1ccccc1. The van der Waals surface area contributed by atoms with Crippen molar-refractivity contribution in [1.29, 1.82) is 0 Å². The normalized spacial score (nSPS) is 10.4. The first-order chi connectivity index (χ1) is 10.1. The number of carbonyl (C=O) groups is 1. The van der Waals surface area contributed by atoms with Crippen molar-refractivity contribution in [2.75, 3.05) is 11.9 Å². The first kappa shape index (κ1) is 15.1. The molecule has 0 saturated heterocycles. The van der Waals surface area contributed by atoms with E-state index in [0.717, 1.165) is 12.1 Å². The summed E-state index contributed by atoms with van der Waals surface area (Å²) in [6, 6.07) is 18.3. The second kappa shape index (κ2) is 7.48. The van der Waals surface area contributed by atoms with Gasteiger partial charge in [0.1, 0.15) is 6.54 Å². The highest BCUT2D eigenvalue weighted by molar-refractivity contribution is 5.75. The summed E-state index contributed by atoms with van der Waals surface area (Å²) in [4.78, 5) is 11.6. The van der Waals surface area contributed by atoms with Crippen LogP contribution in [0.15, 0.2) is 54.6 Å². The van der Waals surface area contributed by atoms with Crippen LogP contribution in [-0.4, -0.2) is 18.6 Å². The number of nitrogens with one attached hydrogen (secondary N) is 1. The third-order valence-electron chi connectivity index (χ3n) is 3.05. The van der Waals surface area contributed by atoms with Crippen LogP contribution in [0, 0.1) is 0 Å². The van der Waals surface area contributed by atoms with E-state index < -0.39 is 0 Å². The van der Waals surface area contributed by atoms with Crippen molar-refractivity contribution in [2.45, 2.75) is 26.4 Å². The minimum Gasteiger partial charge on any atom is -0.462 e. The van der Waals surface area contributed by atoms with Crippen LogP contribution in [-0.2, 0) is 16.0 Å². The van der Waals surface area contributed by atoms with Crippen LogP contribution in [0.25, 0.3) is 0 Å². The molecule has 1 N–H and O–H groups in total. The van der Waals surface area contributed by atoms with E-state index in [1.165, 1.54) is 11.1 Å². The number of benzene rings is 2. The molecule has 0 saturated carbocycles. The average molecular weight is 283 g/mol. The van der Waals surface area contributed by atoms with Gasteiger partial charge in [-0.2, -0.15) is 0 Å². The van der Waals surface area contributed by atoms with E-state index in [9.17, 15) is 4.79 Å². The Labute approximate surface area is 126 Å². The van der Waals surface area contributed by atoms with E-state index in [0.29, 0.717) is 0 Å². The highest BCUT2D eigenvalue weighted by atomic mass is 16.5. The lowest BCUT2D eigenvalue weighted by atomic mass is 10.0. The van der Waals surface area contributed by atoms with Crippen molar-refractivity contribution in [3.8, 4) is 0 Å². The van der Waals surface area contributed by atoms with Gasteiger partial charge in [-0.3, -0.25) is 4.79 Å². The van der Waals surface area contributed by atoms with Crippen molar-refractivity contribution in [1.82, 2.24) is 0 Å². The van der Waals surface area contributed by atoms with Crippen LogP contribution in [0.4, 0.5) is 5.69 Å². The van der Waals surface area contributed by atoms with Crippen molar-refractivity contribution in [3.63, 3.8) is 0 Å². The zero-order valence-electron chi connectivity index (χ0n) is 12.5. The predicted molar refractivity (Wildman–Crippen MR) is 85.4 cm³/mol. The van der Waals surface area contributed by atoms with Crippen LogP contribution in [0.3, 0.4) is 0 Å². The first-order valence-corrected chi connectivity index (χ1v) is 7.20. The Hall–Kier alpha value is -2.29. The maximum absolute atomic E-state index is 11.6. The lowest BCUT2D eigenvalue weighted by molar-refractivity contribution is -0.145. The monoisotopic (exact) mass is 283 g/mol. The van der Waals surface area contributed by atoms with Gasteiger partial charge in [-0.05, 0) is 37.5 Å². The van der Waals surface area contributed by atoms with Gasteiger partial charge in [-0.25, -0.2) is 0 Å². The summed E-state index contributed by atoms with van der Waals surface area (Å²) in [5.74, 6) is -0.237. The third kappa shape index (κ3) is 4.95. The molecule has 0 atom stereocenters. The van der Waals surface area contributed by atoms with Gasteiger partial charge >= 0.3 is 5.97 Å². The summed E-state index contributed by atoms with van der Waals surface area (Å²) in [5.41, 5.74) is 3.39. The second-order valence-corrected chi connectivity index (χ2v) is 5.21. The largest absolute Gasteiger partial charge is 0.462 e. The number of anilines is 1. The number of hydrogen-bond donors (Lipinski definition) is 1. The molecule has 2 rings (SSSR count). The molecule has 0 spiro atoms. The number of esters is 1. The molecule has 110 valence electrons. The molecule has 0 aromatic heterocycles. The molecule has 3 heteroatoms. The number of ether oxygens (including phenoxy) is 1. The lowest BCUT2D eigenvalue weighted by Crippen LogP contribution is -2.20. The topological polar surface area (TPSA) is 38.3 Å². The molecular weight excluding hydrogens is 262 g/mol. The number of carbonyl (C=O) groups excluding carboxylic acids is 1. The molecule has 21 heavy (non-hydrogen) atoms. The molecule has 0 amide bonds. The summed E-state index contributed by atoms with van der Waals surface area (Å²) in [6.45, 7) is 3.88. The van der Waals surface area contributed by atoms with Crippen LogP contribution >= 0.6 is 0 Å². The maximum Gasteiger partial charge on any atom is 0.325 e. The maximum atomic E-state index is 11.6. The van der Waals surface area contributed by atoms with Gasteiger partial charge in [0.05, 0.1) is 6.10 Å². The summed E-state index contributed by atoms with van der Waals surface area (Å²) < 4.78 is 5.13. The molecule has 0 bridgehead atoms. The second-order valence-electron chi connectivity index (χ2n) is 5.21. The minimum atomic E-state index is -0.237. The van der Waals surface area contributed by atoms with Gasteiger partial charge in [-0.1, -0.05) is 48.5 Å². The Bertz CT molecular complexity index is 579. The molecule has 0 heterocycles. The van der Waals surface area contributed by atoms with Gasteiger partial charge in [0, 0.05) is 5.69 Å². The zero-order valence-corrected chi connectivity index (χ0v) is 12.5. The smallest absolute Gasteiger partial charge is 0.325 e. The standard InChI is InChI=1S/C18H21NO2/c1-14(2)21-18(20)13-19-17-11-7-6-10-16(17)12-15-8-4-3-5-9-15/h3-11,14,19H,12-13H2,1-2H3. The molecule has 0 aliphatic rings. The Morgan fingerprint density at radius 3 is 2.43 bits per heavy atom. The van der Waals surface area contributed by atoms with E-state index >= 15 is 0 Å². The fourth-order valence-corrected chi connectivity index (χ4v) is 2.13. The van der Waals surface area contributed by atoms with E-state index in [1.54, 1.807) is 0 Å². The molecule has 2 aromatic carbocycles.